The molecule has 6 N–H and O–H groups in total. The van der Waals surface area contributed by atoms with Crippen molar-refractivity contribution in [2.45, 2.75) is 99.6 Å². The monoisotopic (exact) mass is 2520 g/mol. The molecule has 2 amide bonds. The van der Waals surface area contributed by atoms with Crippen LogP contribution in [0.15, 0.2) is 314 Å². The van der Waals surface area contributed by atoms with E-state index in [1.54, 1.807) is 31.9 Å². The average molecular weight is 2530 g/mol. The number of carbonyl (C=O) groups excluding carboxylic acids is 4. The van der Waals surface area contributed by atoms with Crippen LogP contribution < -0.4 is 97.5 Å². The number of alkyl halides is 2. The second kappa shape index (κ2) is 82.0. The van der Waals surface area contributed by atoms with Crippen LogP contribution in [0.5, 0.6) is 0 Å². The van der Waals surface area contributed by atoms with Gasteiger partial charge in [-0.1, -0.05) is 395 Å². The van der Waals surface area contributed by atoms with E-state index < -0.39 is 0 Å². The summed E-state index contributed by atoms with van der Waals surface area (Å²) in [6.07, 6.45) is 6.19. The number of aromatic amines is 1. The Morgan fingerprint density at radius 1 is 0.557 bits per heavy atom. The van der Waals surface area contributed by atoms with Crippen molar-refractivity contribution in [1.82, 2.24) is 40.3 Å². The van der Waals surface area contributed by atoms with Crippen molar-refractivity contribution in [1.29, 1.82) is 10.5 Å². The smallest absolute Gasteiger partial charge is 0.870 e. The number of fused-ring (bicyclic) bond motifs is 7. The van der Waals surface area contributed by atoms with Crippen LogP contribution in [-0.4, -0.2) is 111 Å². The number of ether oxygens (including phenoxy) is 2. The summed E-state index contributed by atoms with van der Waals surface area (Å²) < 4.78 is 26.0. The molecule has 0 aliphatic rings. The van der Waals surface area contributed by atoms with Gasteiger partial charge in [0.15, 0.2) is 9.93 Å². The summed E-state index contributed by atoms with van der Waals surface area (Å²) in [4.78, 5) is 41.6. The summed E-state index contributed by atoms with van der Waals surface area (Å²) in [7, 11) is 8.67. The van der Waals surface area contributed by atoms with Gasteiger partial charge in [-0.3, -0.25) is 34.4 Å². The normalized spacial score (nSPS) is 9.25. The first kappa shape index (κ1) is 140. The number of H-pyrrole nitrogens is 1. The summed E-state index contributed by atoms with van der Waals surface area (Å²) >= 11 is 53.0. The molecule has 0 unspecified atom stereocenters. The maximum Gasteiger partial charge on any atom is 1.00 e. The number of aryl methyl sites for hydroxylation is 3. The Kier molecular flexibility index (Phi) is 82.0. The van der Waals surface area contributed by atoms with E-state index in [1.807, 2.05) is 69.8 Å². The first-order valence-electron chi connectivity index (χ1n) is 39.6. The minimum atomic E-state index is -0.357. The number of halogens is 9. The molecule has 14 aromatic carbocycles. The number of benzene rings is 14. The Bertz CT molecular complexity index is 6570. The van der Waals surface area contributed by atoms with Gasteiger partial charge in [-0.2, -0.15) is 10.4 Å². The number of nitrogens with one attached hydrogen (secondary N) is 3. The second-order valence-corrected chi connectivity index (χ2v) is 36.0. The minimum absolute atomic E-state index is 0. The third kappa shape index (κ3) is 48.4. The number of hydrogen-bond donors (Lipinski definition) is 6. The van der Waals surface area contributed by atoms with Gasteiger partial charge < -0.3 is 42.0 Å². The zero-order chi connectivity index (χ0) is 96.5. The number of nitriles is 2. The van der Waals surface area contributed by atoms with E-state index in [0.29, 0.717) is 49.1 Å². The molecule has 0 bridgehead atoms. The molecule has 16 rings (SSSR count). The molecule has 2 heterocycles. The molecule has 0 aliphatic heterocycles. The molecular formula is C100H108B2Br7ClFKN13NaO7S7. The van der Waals surface area contributed by atoms with Crippen molar-refractivity contribution in [2.24, 2.45) is 14.4 Å². The molecule has 0 saturated carbocycles. The Hall–Kier alpha value is -6.16. The van der Waals surface area contributed by atoms with E-state index >= 15 is 0 Å². The number of thiol groups is 2. The number of esters is 2. The van der Waals surface area contributed by atoms with Crippen molar-refractivity contribution in [3.63, 3.8) is 0 Å². The molecule has 0 spiro atoms. The fourth-order valence-corrected chi connectivity index (χ4v) is 17.5. The van der Waals surface area contributed by atoms with Gasteiger partial charge in [0, 0.05) is 50.8 Å². The predicted molar refractivity (Wildman–Crippen MR) is 622 cm³/mol. The summed E-state index contributed by atoms with van der Waals surface area (Å²) in [5.41, 5.74) is 10.7. The number of thioether (sulfide) groups is 2. The third-order valence-electron chi connectivity index (χ3n) is 18.4. The molecule has 0 fully saturated rings. The van der Waals surface area contributed by atoms with Gasteiger partial charge in [-0.05, 0) is 215 Å². The van der Waals surface area contributed by atoms with E-state index in [4.69, 9.17) is 56.1 Å². The Labute approximate surface area is 988 Å². The molecule has 16 aromatic rings. The van der Waals surface area contributed by atoms with Gasteiger partial charge in [0.2, 0.25) is 12.8 Å². The molecule has 0 atom stereocenters. The summed E-state index contributed by atoms with van der Waals surface area (Å²) in [5, 5.41) is 55.7. The number of hydrazine groups is 1. The van der Waals surface area contributed by atoms with Crippen LogP contribution in [0.1, 0.15) is 90.3 Å². The van der Waals surface area contributed by atoms with Gasteiger partial charge in [-0.15, -0.1) is 21.8 Å². The first-order chi connectivity index (χ1) is 63.9. The van der Waals surface area contributed by atoms with Gasteiger partial charge in [0.05, 0.1) is 32.1 Å². The summed E-state index contributed by atoms with van der Waals surface area (Å²) in [6, 6.07) is 89.8. The van der Waals surface area contributed by atoms with Crippen LogP contribution in [0.2, 0.25) is 0 Å². The van der Waals surface area contributed by atoms with E-state index in [9.17, 15) is 14.4 Å². The Balaban J connectivity index is -0.000000493. The SMILES string of the molecule is BrCc1ccc(Br)c2ccccc12.C.C.C.C.CCOC(=O)CCl.CCOC(=O)CSc1nncn1Cc1ccc(Br)c2ccccc12.Cc1ccc(Br)c2ccccc12.Cc1cccc2ccccc12.F.N#CSCc1ccc(Br)c2ccccc12.N#C[S-].NNC=O.O=CNCC(=S)CCc1ccc(Br)c2ccccc12.S=c1[nH]ncn1Cc1ccc(Br)c2ccccc12.[2HH].[B]=NS.[B]=NS.[K+].[Na+].[OH-]. The van der Waals surface area contributed by atoms with Crippen LogP contribution in [-0.2, 0) is 71.9 Å². The van der Waals surface area contributed by atoms with E-state index in [1.165, 1.54) is 148 Å². The zero-order valence-electron chi connectivity index (χ0n) is 74.4. The third-order valence-corrected chi connectivity index (χ3v) is 25.6. The molecule has 0 saturated heterocycles. The first-order valence-corrected chi connectivity index (χ1v) is 50.0. The quantitative estimate of drug-likeness (QED) is 0.00336. The largest absolute Gasteiger partial charge is 1.00 e. The van der Waals surface area contributed by atoms with Crippen molar-refractivity contribution in [2.75, 3.05) is 31.4 Å². The summed E-state index contributed by atoms with van der Waals surface area (Å²) in [6.45, 7) is 10.5. The van der Waals surface area contributed by atoms with Crippen LogP contribution in [0.3, 0.4) is 0 Å². The maximum absolute atomic E-state index is 11.5. The molecule has 728 valence electrons. The van der Waals surface area contributed by atoms with E-state index in [2.05, 4.69) is 429 Å². The number of thiocarbonyl (C=S) groups is 1. The standard InChI is InChI=1S/C17H16BrN3O2S.C15H14BrNOS.C13H10BrN3S.C12H8BrNS.C11H8Br2.C11H9Br.C11H10.C4H7ClO2.CH4N2O.CHNS.4CH4.2BHNS.FH.K.Na.H2O.H2/c1-2-23-16(22)10-24-17-20-19-11-21(17)9-12-7-8-15(18)14-6-4-3-5-13(12)14;16-15-8-6-11(5-7-12(19)9-17-10-18)13-3-1-2-4-14(13)15;14-12-6-5-9(7-17-8-15-16-13(17)18)10-3-1-2-4-11(10)12;13-12-6-5-9(7-15-8-14)10-3-1-2-4-11(10)12;12-7-8-5-6-11(13)10-4-2-1-3-9(8)10;1-8-6-7-11(12)10-5-3-2-4-9(8)10;1-9-5-4-7-10-6-2-3-8-11(9)10;1-2-7-4(6)3-5;2-3-1-4;2-1-3;;;;;2*1-2-3;;;;;/h3-8,11H,2,9-10H2,1H3;1-4,6,8,10H,5,7,9H2,(H,17,18);1-6,8H,7H2,(H,16,18);1-6H,7H2;1-6H,7H2;2-7H,1H3;2-8H,1H3;2-3H2,1H3;1H,2H2,(H,3,4);3H;4*1H4;2*3H;1H;;;1H2;1H/q;;;;;;;;;;;;;;;;;2*+1;;/p-2/i;;;;;;;;;;;;;;;;;;;;1+1. The molecule has 20 nitrogen and oxygen atoms in total. The van der Waals surface area contributed by atoms with Crippen LogP contribution in [0.4, 0.5) is 4.70 Å². The zero-order valence-corrected chi connectivity index (χ0v) is 97.3. The van der Waals surface area contributed by atoms with Crippen LogP contribution >= 0.6 is 197 Å². The van der Waals surface area contributed by atoms with Gasteiger partial charge in [0.1, 0.15) is 23.9 Å². The van der Waals surface area contributed by atoms with E-state index in [0.717, 1.165) is 57.7 Å². The number of hydrogen-bond acceptors (Lipinski definition) is 22. The number of nitrogens with two attached hydrogens (primary N) is 1. The van der Waals surface area contributed by atoms with Crippen molar-refractivity contribution >= 4 is 330 Å². The van der Waals surface area contributed by atoms with Gasteiger partial charge in [0.25, 0.3) is 0 Å². The van der Waals surface area contributed by atoms with Crippen molar-refractivity contribution in [3.8, 4) is 10.8 Å². The number of nitrogens with zero attached hydrogens (tertiary/aromatic N) is 9. The van der Waals surface area contributed by atoms with Crippen molar-refractivity contribution < 1.29 is 121 Å². The Morgan fingerprint density at radius 3 is 1.28 bits per heavy atom. The molecule has 0 aliphatic carbocycles. The van der Waals surface area contributed by atoms with Crippen LogP contribution in [0.25, 0.3) is 75.4 Å². The molecule has 2 radical (unpaired) electrons. The fraction of sp³-hybridized carbons (Fsp3) is 0.190. The number of amides is 2. The average Bonchev–Trinajstić information content (AvgIpc) is 1.77. The maximum atomic E-state index is 11.5. The number of aromatic nitrogens is 6. The predicted octanol–water partition coefficient (Wildman–Crippen LogP) is 23.9. The van der Waals surface area contributed by atoms with Gasteiger partial charge in [-0.25, -0.2) is 11.1 Å². The molecule has 140 heavy (non-hydrogen) atoms. The summed E-state index contributed by atoms with van der Waals surface area (Å²) in [5.74, 6) is 4.73. The molecule has 2 aromatic heterocycles. The van der Waals surface area contributed by atoms with Crippen LogP contribution in [0, 0.1) is 39.9 Å². The number of thiocyanates is 2. The number of carbonyl (C=O) groups is 4. The Morgan fingerprint density at radius 2 is 0.900 bits per heavy atom. The fourth-order valence-electron chi connectivity index (χ4n) is 12.5. The second-order valence-electron chi connectivity index (χ2n) is 26.7. The molecular weight excluding hydrogens is 2420 g/mol. The van der Waals surface area contributed by atoms with E-state index in [-0.39, 0.29) is 146 Å². The van der Waals surface area contributed by atoms with Crippen molar-refractivity contribution in [3.05, 3.63) is 344 Å². The van der Waals surface area contributed by atoms with Gasteiger partial charge >= 0.3 is 142 Å². The minimum Gasteiger partial charge on any atom is -0.870 e. The topological polar surface area (TPSA) is 303 Å². The molecule has 40 heteroatoms. The number of rotatable bonds is 20.